The minimum Gasteiger partial charge on any atom is -0.330 e. The second-order valence-electron chi connectivity index (χ2n) is 6.48. The highest BCUT2D eigenvalue weighted by molar-refractivity contribution is 7.89. The number of nitrogens with zero attached hydrogens (tertiary/aromatic N) is 1. The van der Waals surface area contributed by atoms with Crippen LogP contribution in [-0.2, 0) is 22.9 Å². The summed E-state index contributed by atoms with van der Waals surface area (Å²) in [5, 5.41) is 0. The summed E-state index contributed by atoms with van der Waals surface area (Å²) in [6.45, 7) is 1.17. The lowest BCUT2D eigenvalue weighted by Gasteiger charge is -2.34. The van der Waals surface area contributed by atoms with Gasteiger partial charge in [-0.3, -0.25) is 0 Å². The monoisotopic (exact) mass is 358 g/mol. The highest BCUT2D eigenvalue weighted by Gasteiger charge is 2.33. The maximum Gasteiger partial charge on any atom is 0.243 e. The lowest BCUT2D eigenvalue weighted by molar-refractivity contribution is 0.243. The van der Waals surface area contributed by atoms with Gasteiger partial charge in [-0.25, -0.2) is 8.42 Å². The molecule has 0 bridgehead atoms. The zero-order valence-electron chi connectivity index (χ0n) is 13.5. The van der Waals surface area contributed by atoms with E-state index in [2.05, 4.69) is 0 Å². The van der Waals surface area contributed by atoms with Crippen LogP contribution in [-0.4, -0.2) is 31.9 Å². The third-order valence-electron chi connectivity index (χ3n) is 5.00. The second-order valence-corrected chi connectivity index (χ2v) is 8.37. The number of rotatable bonds is 4. The molecule has 1 aromatic carbocycles. The number of hydrogen-bond donors (Lipinski definition) is 1. The molecule has 0 spiro atoms. The molecule has 1 aromatic rings. The van der Waals surface area contributed by atoms with Crippen LogP contribution in [0.4, 0.5) is 0 Å². The first-order chi connectivity index (χ1) is 10.6. The Labute approximate surface area is 145 Å². The Hall–Kier alpha value is -0.620. The van der Waals surface area contributed by atoms with Crippen molar-refractivity contribution in [3.63, 3.8) is 0 Å². The number of benzene rings is 1. The predicted molar refractivity (Wildman–Crippen MR) is 95.5 cm³/mol. The summed E-state index contributed by atoms with van der Waals surface area (Å²) in [6, 6.07) is 5.80. The van der Waals surface area contributed by atoms with Crippen LogP contribution in [0, 0.1) is 0 Å². The minimum atomic E-state index is -3.39. The fourth-order valence-electron chi connectivity index (χ4n) is 3.78. The maximum atomic E-state index is 13.0. The fourth-order valence-corrected chi connectivity index (χ4v) is 5.55. The Balaban J connectivity index is 0.00000192. The van der Waals surface area contributed by atoms with Crippen LogP contribution in [0.25, 0.3) is 0 Å². The van der Waals surface area contributed by atoms with Crippen molar-refractivity contribution < 1.29 is 8.42 Å². The van der Waals surface area contributed by atoms with Gasteiger partial charge in [-0.2, -0.15) is 4.31 Å². The van der Waals surface area contributed by atoms with Gasteiger partial charge in [0, 0.05) is 12.6 Å². The molecule has 6 heteroatoms. The summed E-state index contributed by atoms with van der Waals surface area (Å²) >= 11 is 0. The van der Waals surface area contributed by atoms with Crippen molar-refractivity contribution in [3.8, 4) is 0 Å². The SMILES string of the molecule is Cl.NCCC1CCCCN1S(=O)(=O)c1ccc2c(c1)CCCC2. The van der Waals surface area contributed by atoms with Gasteiger partial charge >= 0.3 is 0 Å². The average Bonchev–Trinajstić information content (AvgIpc) is 2.55. The first-order valence-corrected chi connectivity index (χ1v) is 9.90. The first kappa shape index (κ1) is 18.7. The summed E-state index contributed by atoms with van der Waals surface area (Å²) in [4.78, 5) is 0.470. The smallest absolute Gasteiger partial charge is 0.243 e. The molecule has 1 heterocycles. The molecule has 1 unspecified atom stereocenters. The van der Waals surface area contributed by atoms with Crippen LogP contribution in [0.5, 0.6) is 0 Å². The molecule has 0 amide bonds. The summed E-state index contributed by atoms with van der Waals surface area (Å²) in [7, 11) is -3.39. The number of hydrogen-bond acceptors (Lipinski definition) is 3. The molecule has 1 saturated heterocycles. The van der Waals surface area contributed by atoms with Crippen molar-refractivity contribution >= 4 is 22.4 Å². The van der Waals surface area contributed by atoms with E-state index in [9.17, 15) is 8.42 Å². The van der Waals surface area contributed by atoms with E-state index < -0.39 is 10.0 Å². The zero-order chi connectivity index (χ0) is 15.6. The van der Waals surface area contributed by atoms with Gasteiger partial charge in [0.25, 0.3) is 0 Å². The molecule has 0 saturated carbocycles. The molecule has 23 heavy (non-hydrogen) atoms. The summed E-state index contributed by atoms with van der Waals surface area (Å²) in [5.74, 6) is 0. The van der Waals surface area contributed by atoms with Crippen LogP contribution in [0.1, 0.15) is 49.7 Å². The molecule has 3 rings (SSSR count). The van der Waals surface area contributed by atoms with Crippen LogP contribution >= 0.6 is 12.4 Å². The van der Waals surface area contributed by atoms with Crippen molar-refractivity contribution in [1.82, 2.24) is 4.31 Å². The van der Waals surface area contributed by atoms with E-state index in [4.69, 9.17) is 5.73 Å². The van der Waals surface area contributed by atoms with E-state index >= 15 is 0 Å². The van der Waals surface area contributed by atoms with Crippen molar-refractivity contribution in [2.75, 3.05) is 13.1 Å². The molecule has 4 nitrogen and oxygen atoms in total. The maximum absolute atomic E-state index is 13.0. The third kappa shape index (κ3) is 3.90. The van der Waals surface area contributed by atoms with Crippen molar-refractivity contribution in [2.24, 2.45) is 5.73 Å². The molecule has 1 atom stereocenters. The van der Waals surface area contributed by atoms with E-state index in [0.29, 0.717) is 18.0 Å². The Bertz CT molecular complexity index is 631. The molecule has 2 N–H and O–H groups in total. The van der Waals surface area contributed by atoms with Gasteiger partial charge in [-0.15, -0.1) is 12.4 Å². The van der Waals surface area contributed by atoms with Gasteiger partial charge in [-0.1, -0.05) is 12.5 Å². The van der Waals surface area contributed by atoms with Gasteiger partial charge < -0.3 is 5.73 Å². The molecule has 2 aliphatic rings. The molecule has 0 aromatic heterocycles. The number of halogens is 1. The molecule has 0 radical (unpaired) electrons. The Morgan fingerprint density at radius 3 is 2.57 bits per heavy atom. The van der Waals surface area contributed by atoms with Gasteiger partial charge in [-0.05, 0) is 74.8 Å². The summed E-state index contributed by atoms with van der Waals surface area (Å²) in [5.41, 5.74) is 8.22. The predicted octanol–water partition coefficient (Wildman–Crippen LogP) is 2.88. The van der Waals surface area contributed by atoms with Crippen molar-refractivity contribution in [2.45, 2.75) is 62.3 Å². The number of piperidine rings is 1. The number of nitrogens with two attached hydrogens (primary N) is 1. The Kier molecular flexibility index (Phi) is 6.48. The van der Waals surface area contributed by atoms with Crippen LogP contribution in [0.3, 0.4) is 0 Å². The van der Waals surface area contributed by atoms with E-state index in [1.807, 2.05) is 12.1 Å². The van der Waals surface area contributed by atoms with Crippen LogP contribution in [0.15, 0.2) is 23.1 Å². The standard InChI is InChI=1S/C17H26N2O2S.ClH/c18-11-10-16-7-3-4-12-19(16)22(20,21)17-9-8-14-5-1-2-6-15(14)13-17;/h8-9,13,16H,1-7,10-12,18H2;1H. The Morgan fingerprint density at radius 1 is 1.09 bits per heavy atom. The van der Waals surface area contributed by atoms with Gasteiger partial charge in [0.05, 0.1) is 4.90 Å². The largest absolute Gasteiger partial charge is 0.330 e. The second kappa shape index (κ2) is 7.97. The topological polar surface area (TPSA) is 63.4 Å². The molecule has 1 aliphatic heterocycles. The van der Waals surface area contributed by atoms with E-state index in [0.717, 1.165) is 44.9 Å². The van der Waals surface area contributed by atoms with Gasteiger partial charge in [0.1, 0.15) is 0 Å². The summed E-state index contributed by atoms with van der Waals surface area (Å²) < 4.78 is 27.8. The summed E-state index contributed by atoms with van der Waals surface area (Å²) in [6.07, 6.45) is 8.19. The normalized spacial score (nSPS) is 22.2. The lowest BCUT2D eigenvalue weighted by atomic mass is 9.92. The quantitative estimate of drug-likeness (QED) is 0.900. The Morgan fingerprint density at radius 2 is 1.83 bits per heavy atom. The van der Waals surface area contributed by atoms with Crippen LogP contribution < -0.4 is 5.73 Å². The van der Waals surface area contributed by atoms with Crippen LogP contribution in [0.2, 0.25) is 0 Å². The highest BCUT2D eigenvalue weighted by atomic mass is 35.5. The highest BCUT2D eigenvalue weighted by Crippen LogP contribution is 2.29. The van der Waals surface area contributed by atoms with Crippen molar-refractivity contribution in [1.29, 1.82) is 0 Å². The zero-order valence-corrected chi connectivity index (χ0v) is 15.2. The fraction of sp³-hybridized carbons (Fsp3) is 0.647. The molecular weight excluding hydrogens is 332 g/mol. The van der Waals surface area contributed by atoms with E-state index in [1.165, 1.54) is 17.5 Å². The van der Waals surface area contributed by atoms with E-state index in [1.54, 1.807) is 10.4 Å². The molecular formula is C17H27ClN2O2S. The van der Waals surface area contributed by atoms with Crippen molar-refractivity contribution in [3.05, 3.63) is 29.3 Å². The molecule has 1 aliphatic carbocycles. The number of fused-ring (bicyclic) bond motifs is 1. The average molecular weight is 359 g/mol. The number of sulfonamides is 1. The lowest BCUT2D eigenvalue weighted by Crippen LogP contribution is -2.44. The first-order valence-electron chi connectivity index (χ1n) is 8.46. The third-order valence-corrected chi connectivity index (χ3v) is 6.95. The minimum absolute atomic E-state index is 0. The molecule has 1 fully saturated rings. The van der Waals surface area contributed by atoms with E-state index in [-0.39, 0.29) is 18.4 Å². The molecule has 130 valence electrons. The van der Waals surface area contributed by atoms with Gasteiger partial charge in [0.15, 0.2) is 0 Å². The van der Waals surface area contributed by atoms with Gasteiger partial charge in [0.2, 0.25) is 10.0 Å². The number of aryl methyl sites for hydroxylation is 2.